The minimum absolute atomic E-state index is 0.264. The summed E-state index contributed by atoms with van der Waals surface area (Å²) in [7, 11) is 1.32. The normalized spacial score (nSPS) is 10.5. The van der Waals surface area contributed by atoms with Crippen LogP contribution < -0.4 is 5.32 Å². The van der Waals surface area contributed by atoms with E-state index < -0.39 is 5.97 Å². The zero-order chi connectivity index (χ0) is 16.4. The lowest BCUT2D eigenvalue weighted by molar-refractivity contribution is 0.0600. The second-order valence-corrected chi connectivity index (χ2v) is 5.09. The van der Waals surface area contributed by atoms with E-state index in [-0.39, 0.29) is 5.91 Å². The number of pyridine rings is 1. The van der Waals surface area contributed by atoms with Crippen LogP contribution in [0.15, 0.2) is 48.8 Å². The van der Waals surface area contributed by atoms with Crippen molar-refractivity contribution in [1.29, 1.82) is 0 Å². The molecule has 0 bridgehead atoms. The highest BCUT2D eigenvalue weighted by atomic mass is 16.5. The molecule has 3 aromatic rings. The number of hydrogen-bond acceptors (Lipinski definition) is 4. The molecule has 0 fully saturated rings. The van der Waals surface area contributed by atoms with Crippen LogP contribution in [-0.4, -0.2) is 28.4 Å². The first-order chi connectivity index (χ1) is 11.1. The monoisotopic (exact) mass is 309 g/mol. The van der Waals surface area contributed by atoms with Gasteiger partial charge in [-0.25, -0.2) is 9.78 Å². The number of carbonyl (C=O) groups is 2. The number of amides is 1. The van der Waals surface area contributed by atoms with Gasteiger partial charge in [0.2, 0.25) is 0 Å². The number of anilines is 1. The Balaban J connectivity index is 1.84. The highest BCUT2D eigenvalue weighted by molar-refractivity contribution is 6.04. The third kappa shape index (κ3) is 3.06. The smallest absolute Gasteiger partial charge is 0.337 e. The van der Waals surface area contributed by atoms with Crippen molar-refractivity contribution in [2.45, 2.75) is 6.92 Å². The van der Waals surface area contributed by atoms with E-state index in [9.17, 15) is 9.59 Å². The Morgan fingerprint density at radius 2 is 1.96 bits per heavy atom. The number of methoxy groups -OCH3 is 1. The fourth-order valence-corrected chi connectivity index (χ4v) is 2.30. The van der Waals surface area contributed by atoms with Crippen LogP contribution in [0.5, 0.6) is 0 Å². The van der Waals surface area contributed by atoms with Gasteiger partial charge in [0.25, 0.3) is 5.91 Å². The zero-order valence-corrected chi connectivity index (χ0v) is 12.7. The maximum atomic E-state index is 12.4. The first kappa shape index (κ1) is 14.8. The van der Waals surface area contributed by atoms with Gasteiger partial charge < -0.3 is 14.5 Å². The molecular weight excluding hydrogens is 294 g/mol. The van der Waals surface area contributed by atoms with Crippen molar-refractivity contribution in [2.75, 3.05) is 12.4 Å². The molecule has 6 heteroatoms. The molecule has 0 radical (unpaired) electrons. The quantitative estimate of drug-likeness (QED) is 0.755. The summed E-state index contributed by atoms with van der Waals surface area (Å²) in [6.45, 7) is 1.89. The molecule has 0 saturated carbocycles. The number of nitrogens with zero attached hydrogens (tertiary/aromatic N) is 2. The number of benzene rings is 1. The number of esters is 1. The number of fused-ring (bicyclic) bond motifs is 1. The van der Waals surface area contributed by atoms with Crippen LogP contribution in [0.4, 0.5) is 5.69 Å². The van der Waals surface area contributed by atoms with Gasteiger partial charge in [-0.05, 0) is 37.3 Å². The van der Waals surface area contributed by atoms with Crippen LogP contribution in [0.3, 0.4) is 0 Å². The van der Waals surface area contributed by atoms with Crippen molar-refractivity contribution in [3.63, 3.8) is 0 Å². The standard InChI is InChI=1S/C17H15N3O3/c1-11-9-20-10-13(6-7-15(20)18-11)16(21)19-14-5-3-4-12(8-14)17(22)23-2/h3-10H,1-2H3,(H,19,21). The number of aryl methyl sites for hydroxylation is 1. The van der Waals surface area contributed by atoms with Crippen LogP contribution in [0.2, 0.25) is 0 Å². The van der Waals surface area contributed by atoms with E-state index in [0.717, 1.165) is 11.3 Å². The molecule has 0 aliphatic heterocycles. The number of hydrogen-bond donors (Lipinski definition) is 1. The van der Waals surface area contributed by atoms with E-state index in [2.05, 4.69) is 15.0 Å². The highest BCUT2D eigenvalue weighted by Gasteiger charge is 2.10. The van der Waals surface area contributed by atoms with Gasteiger partial charge in [0.1, 0.15) is 5.65 Å². The molecule has 2 heterocycles. The van der Waals surface area contributed by atoms with Crippen molar-refractivity contribution >= 4 is 23.2 Å². The summed E-state index contributed by atoms with van der Waals surface area (Å²) in [4.78, 5) is 28.2. The number of carbonyl (C=O) groups excluding carboxylic acids is 2. The highest BCUT2D eigenvalue weighted by Crippen LogP contribution is 2.14. The molecule has 0 spiro atoms. The van der Waals surface area contributed by atoms with Gasteiger partial charge in [-0.3, -0.25) is 4.79 Å². The SMILES string of the molecule is COC(=O)c1cccc(NC(=O)c2ccc3nc(C)cn3c2)c1. The third-order valence-electron chi connectivity index (χ3n) is 3.38. The molecule has 0 unspecified atom stereocenters. The molecule has 0 aliphatic rings. The van der Waals surface area contributed by atoms with Crippen LogP contribution in [0, 0.1) is 6.92 Å². The second kappa shape index (κ2) is 5.92. The van der Waals surface area contributed by atoms with Crippen molar-refractivity contribution < 1.29 is 14.3 Å². The van der Waals surface area contributed by atoms with Crippen LogP contribution in [-0.2, 0) is 4.74 Å². The Hall–Kier alpha value is -3.15. The van der Waals surface area contributed by atoms with Crippen molar-refractivity contribution in [1.82, 2.24) is 9.38 Å². The number of ether oxygens (including phenoxy) is 1. The lowest BCUT2D eigenvalue weighted by Crippen LogP contribution is -2.13. The molecule has 23 heavy (non-hydrogen) atoms. The van der Waals surface area contributed by atoms with Crippen LogP contribution in [0.25, 0.3) is 5.65 Å². The summed E-state index contributed by atoms with van der Waals surface area (Å²) >= 11 is 0. The Morgan fingerprint density at radius 1 is 1.13 bits per heavy atom. The van der Waals surface area contributed by atoms with Crippen molar-refractivity contribution in [3.05, 3.63) is 65.6 Å². The van der Waals surface area contributed by atoms with E-state index in [1.54, 1.807) is 47.0 Å². The second-order valence-electron chi connectivity index (χ2n) is 5.09. The van der Waals surface area contributed by atoms with Gasteiger partial charge in [-0.1, -0.05) is 6.07 Å². The van der Waals surface area contributed by atoms with Gasteiger partial charge in [0, 0.05) is 18.1 Å². The molecule has 0 saturated heterocycles. The molecule has 0 aliphatic carbocycles. The molecule has 1 amide bonds. The molecule has 6 nitrogen and oxygen atoms in total. The fourth-order valence-electron chi connectivity index (χ4n) is 2.30. The first-order valence-electron chi connectivity index (χ1n) is 7.02. The molecule has 116 valence electrons. The minimum atomic E-state index is -0.448. The summed E-state index contributed by atoms with van der Waals surface area (Å²) in [5, 5.41) is 2.77. The fraction of sp³-hybridized carbons (Fsp3) is 0.118. The summed E-state index contributed by atoms with van der Waals surface area (Å²) < 4.78 is 6.47. The minimum Gasteiger partial charge on any atom is -0.465 e. The Labute approximate surface area is 132 Å². The van der Waals surface area contributed by atoms with Crippen molar-refractivity contribution in [3.8, 4) is 0 Å². The van der Waals surface area contributed by atoms with Gasteiger partial charge >= 0.3 is 5.97 Å². The average molecular weight is 309 g/mol. The third-order valence-corrected chi connectivity index (χ3v) is 3.38. The van der Waals surface area contributed by atoms with E-state index in [1.807, 2.05) is 13.1 Å². The number of rotatable bonds is 3. The average Bonchev–Trinajstić information content (AvgIpc) is 2.93. The number of aromatic nitrogens is 2. The molecule has 0 atom stereocenters. The number of nitrogens with one attached hydrogen (secondary N) is 1. The van der Waals surface area contributed by atoms with Gasteiger partial charge in [-0.2, -0.15) is 0 Å². The van der Waals surface area contributed by atoms with E-state index >= 15 is 0 Å². The Morgan fingerprint density at radius 3 is 2.74 bits per heavy atom. The Bertz CT molecular complexity index is 899. The van der Waals surface area contributed by atoms with Gasteiger partial charge in [0.05, 0.1) is 23.9 Å². The van der Waals surface area contributed by atoms with Crippen LogP contribution in [0.1, 0.15) is 26.4 Å². The summed E-state index contributed by atoms with van der Waals surface area (Å²) in [5.74, 6) is -0.711. The predicted octanol–water partition coefficient (Wildman–Crippen LogP) is 2.68. The number of imidazole rings is 1. The van der Waals surface area contributed by atoms with E-state index in [1.165, 1.54) is 7.11 Å². The largest absolute Gasteiger partial charge is 0.465 e. The zero-order valence-electron chi connectivity index (χ0n) is 12.7. The van der Waals surface area contributed by atoms with Crippen LogP contribution >= 0.6 is 0 Å². The van der Waals surface area contributed by atoms with Gasteiger partial charge in [0.15, 0.2) is 0 Å². The lowest BCUT2D eigenvalue weighted by atomic mass is 10.2. The molecule has 2 aromatic heterocycles. The first-order valence-corrected chi connectivity index (χ1v) is 7.02. The van der Waals surface area contributed by atoms with Crippen molar-refractivity contribution in [2.24, 2.45) is 0 Å². The Kier molecular flexibility index (Phi) is 3.80. The lowest BCUT2D eigenvalue weighted by Gasteiger charge is -2.07. The topological polar surface area (TPSA) is 72.7 Å². The maximum absolute atomic E-state index is 12.4. The predicted molar refractivity (Wildman–Crippen MR) is 85.7 cm³/mol. The molecule has 1 aromatic carbocycles. The van der Waals surface area contributed by atoms with E-state index in [4.69, 9.17) is 0 Å². The summed E-state index contributed by atoms with van der Waals surface area (Å²) in [6.07, 6.45) is 3.57. The van der Waals surface area contributed by atoms with E-state index in [0.29, 0.717) is 16.8 Å². The summed E-state index contributed by atoms with van der Waals surface area (Å²) in [6, 6.07) is 10.1. The maximum Gasteiger partial charge on any atom is 0.337 e. The molecule has 1 N–H and O–H groups in total. The molecular formula is C17H15N3O3. The van der Waals surface area contributed by atoms with Gasteiger partial charge in [-0.15, -0.1) is 0 Å². The molecule has 3 rings (SSSR count). The summed E-state index contributed by atoms with van der Waals surface area (Å²) in [5.41, 5.74) is 3.07.